The number of carbonyl (C=O) groups is 1. The molecule has 7 heteroatoms. The number of rotatable bonds is 8. The zero-order valence-corrected chi connectivity index (χ0v) is 19.9. The molecule has 0 N–H and O–H groups in total. The Labute approximate surface area is 203 Å². The number of aryl methyl sites for hydroxylation is 1. The molecule has 0 aliphatic carbocycles. The third-order valence-corrected chi connectivity index (χ3v) is 5.48. The van der Waals surface area contributed by atoms with E-state index in [0.29, 0.717) is 29.4 Å². The van der Waals surface area contributed by atoms with Crippen molar-refractivity contribution in [2.24, 2.45) is 13.0 Å². The molecule has 0 radical (unpaired) electrons. The van der Waals surface area contributed by atoms with Crippen molar-refractivity contribution >= 4 is 5.91 Å². The third-order valence-electron chi connectivity index (χ3n) is 5.48. The largest absolute Gasteiger partial charge is 0.439 e. The standard InChI is InChI=1S/C28H27F2N3O2/c1-19(2)17-33(27(34)21-9-11-22(29)12-10-21)18-25-26(20-7-5-4-6-8-20)31-32(3)28(25)35-24-15-13-23(30)14-16-24/h4-16,19H,17-18H2,1-3H3. The van der Waals surface area contributed by atoms with E-state index in [1.165, 1.54) is 36.4 Å². The fourth-order valence-electron chi connectivity index (χ4n) is 3.89. The molecule has 1 aromatic heterocycles. The quantitative estimate of drug-likeness (QED) is 0.294. The van der Waals surface area contributed by atoms with Crippen LogP contribution in [0, 0.1) is 17.6 Å². The predicted octanol–water partition coefficient (Wildman–Crippen LogP) is 6.46. The molecule has 4 aromatic rings. The highest BCUT2D eigenvalue weighted by atomic mass is 19.1. The van der Waals surface area contributed by atoms with Crippen LogP contribution < -0.4 is 4.74 Å². The van der Waals surface area contributed by atoms with Crippen molar-refractivity contribution in [2.75, 3.05) is 6.54 Å². The van der Waals surface area contributed by atoms with Crippen molar-refractivity contribution in [1.82, 2.24) is 14.7 Å². The Hall–Kier alpha value is -4.00. The summed E-state index contributed by atoms with van der Waals surface area (Å²) in [4.78, 5) is 15.2. The molecule has 3 aromatic carbocycles. The maximum Gasteiger partial charge on any atom is 0.254 e. The molecule has 0 saturated carbocycles. The number of benzene rings is 3. The lowest BCUT2D eigenvalue weighted by molar-refractivity contribution is 0.0722. The van der Waals surface area contributed by atoms with Gasteiger partial charge >= 0.3 is 0 Å². The van der Waals surface area contributed by atoms with Crippen molar-refractivity contribution in [3.8, 4) is 22.9 Å². The molecule has 0 unspecified atom stereocenters. The summed E-state index contributed by atoms with van der Waals surface area (Å²) in [7, 11) is 1.77. The van der Waals surface area contributed by atoms with Gasteiger partial charge in [-0.05, 0) is 54.4 Å². The minimum Gasteiger partial charge on any atom is -0.439 e. The topological polar surface area (TPSA) is 47.4 Å². The molecule has 1 amide bonds. The van der Waals surface area contributed by atoms with Crippen LogP contribution in [-0.4, -0.2) is 27.1 Å². The number of carbonyl (C=O) groups excluding carboxylic acids is 1. The van der Waals surface area contributed by atoms with Gasteiger partial charge in [0.25, 0.3) is 5.91 Å². The molecule has 0 spiro atoms. The Morgan fingerprint density at radius 2 is 1.54 bits per heavy atom. The van der Waals surface area contributed by atoms with Gasteiger partial charge in [0.1, 0.15) is 23.1 Å². The summed E-state index contributed by atoms with van der Waals surface area (Å²) in [6.07, 6.45) is 0. The molecule has 0 atom stereocenters. The lowest BCUT2D eigenvalue weighted by Gasteiger charge is -2.25. The molecule has 4 rings (SSSR count). The van der Waals surface area contributed by atoms with Crippen LogP contribution in [0.3, 0.4) is 0 Å². The molecule has 0 aliphatic heterocycles. The minimum absolute atomic E-state index is 0.192. The first-order valence-electron chi connectivity index (χ1n) is 11.4. The van der Waals surface area contributed by atoms with E-state index in [-0.39, 0.29) is 24.2 Å². The molecule has 0 aliphatic rings. The highest BCUT2D eigenvalue weighted by Gasteiger charge is 2.25. The molecule has 0 bridgehead atoms. The van der Waals surface area contributed by atoms with Crippen molar-refractivity contribution < 1.29 is 18.3 Å². The highest BCUT2D eigenvalue weighted by Crippen LogP contribution is 2.34. The molecular weight excluding hydrogens is 448 g/mol. The summed E-state index contributed by atoms with van der Waals surface area (Å²) in [5.41, 5.74) is 2.69. The average Bonchev–Trinajstić information content (AvgIpc) is 3.15. The summed E-state index contributed by atoms with van der Waals surface area (Å²) in [5.74, 6) is 0.129. The van der Waals surface area contributed by atoms with Crippen LogP contribution >= 0.6 is 0 Å². The van der Waals surface area contributed by atoms with Gasteiger partial charge in [0.2, 0.25) is 5.88 Å². The SMILES string of the molecule is CC(C)CN(Cc1c(-c2ccccc2)nn(C)c1Oc1ccc(F)cc1)C(=O)c1ccc(F)cc1. The van der Waals surface area contributed by atoms with E-state index < -0.39 is 5.82 Å². The summed E-state index contributed by atoms with van der Waals surface area (Å²) < 4.78 is 34.7. The second-order valence-electron chi connectivity index (χ2n) is 8.76. The van der Waals surface area contributed by atoms with E-state index in [1.54, 1.807) is 28.8 Å². The summed E-state index contributed by atoms with van der Waals surface area (Å²) >= 11 is 0. The van der Waals surface area contributed by atoms with E-state index in [1.807, 2.05) is 44.2 Å². The van der Waals surface area contributed by atoms with Gasteiger partial charge in [-0.15, -0.1) is 0 Å². The Morgan fingerprint density at radius 3 is 2.14 bits per heavy atom. The van der Waals surface area contributed by atoms with Gasteiger partial charge in [-0.2, -0.15) is 5.10 Å². The number of aromatic nitrogens is 2. The summed E-state index contributed by atoms with van der Waals surface area (Å²) in [6.45, 7) is 4.77. The van der Waals surface area contributed by atoms with E-state index in [4.69, 9.17) is 9.84 Å². The zero-order valence-electron chi connectivity index (χ0n) is 19.9. The normalized spacial score (nSPS) is 11.0. The predicted molar refractivity (Wildman–Crippen MR) is 131 cm³/mol. The van der Waals surface area contributed by atoms with E-state index in [9.17, 15) is 13.6 Å². The lowest BCUT2D eigenvalue weighted by Crippen LogP contribution is -2.34. The van der Waals surface area contributed by atoms with Gasteiger partial charge in [-0.25, -0.2) is 13.5 Å². The maximum absolute atomic E-state index is 13.5. The second-order valence-corrected chi connectivity index (χ2v) is 8.76. The number of halogens is 2. The van der Waals surface area contributed by atoms with Crippen LogP contribution in [-0.2, 0) is 13.6 Å². The van der Waals surface area contributed by atoms with Gasteiger partial charge in [0.05, 0.1) is 12.1 Å². The van der Waals surface area contributed by atoms with E-state index in [2.05, 4.69) is 0 Å². The van der Waals surface area contributed by atoms with Gasteiger partial charge in [0, 0.05) is 24.7 Å². The average molecular weight is 476 g/mol. The minimum atomic E-state index is -0.398. The Kier molecular flexibility index (Phi) is 7.25. The Morgan fingerprint density at radius 1 is 0.943 bits per heavy atom. The second kappa shape index (κ2) is 10.5. The van der Waals surface area contributed by atoms with Crippen molar-refractivity contribution in [3.05, 3.63) is 102 Å². The van der Waals surface area contributed by atoms with Crippen LogP contribution in [0.25, 0.3) is 11.3 Å². The number of amides is 1. The number of ether oxygens (including phenoxy) is 1. The number of hydrogen-bond acceptors (Lipinski definition) is 3. The maximum atomic E-state index is 13.5. The molecule has 0 fully saturated rings. The first kappa shape index (κ1) is 24.1. The van der Waals surface area contributed by atoms with Crippen molar-refractivity contribution in [3.63, 3.8) is 0 Å². The van der Waals surface area contributed by atoms with Crippen LogP contribution in [0.15, 0.2) is 78.9 Å². The van der Waals surface area contributed by atoms with Crippen molar-refractivity contribution in [2.45, 2.75) is 20.4 Å². The van der Waals surface area contributed by atoms with Crippen LogP contribution in [0.1, 0.15) is 29.8 Å². The van der Waals surface area contributed by atoms with Gasteiger partial charge in [-0.1, -0.05) is 44.2 Å². The van der Waals surface area contributed by atoms with Crippen LogP contribution in [0.4, 0.5) is 8.78 Å². The zero-order chi connectivity index (χ0) is 24.9. The molecule has 1 heterocycles. The number of hydrogen-bond donors (Lipinski definition) is 0. The van der Waals surface area contributed by atoms with Gasteiger partial charge in [-0.3, -0.25) is 4.79 Å². The Bertz CT molecular complexity index is 1280. The first-order chi connectivity index (χ1) is 16.8. The van der Waals surface area contributed by atoms with Crippen LogP contribution in [0.2, 0.25) is 0 Å². The van der Waals surface area contributed by atoms with E-state index >= 15 is 0 Å². The molecule has 0 saturated heterocycles. The molecule has 35 heavy (non-hydrogen) atoms. The van der Waals surface area contributed by atoms with Crippen LogP contribution in [0.5, 0.6) is 11.6 Å². The number of nitrogens with zero attached hydrogens (tertiary/aromatic N) is 3. The lowest BCUT2D eigenvalue weighted by atomic mass is 10.1. The Balaban J connectivity index is 1.77. The molecule has 180 valence electrons. The van der Waals surface area contributed by atoms with Crippen molar-refractivity contribution in [1.29, 1.82) is 0 Å². The smallest absolute Gasteiger partial charge is 0.254 e. The van der Waals surface area contributed by atoms with Gasteiger partial charge in [0.15, 0.2) is 0 Å². The summed E-state index contributed by atoms with van der Waals surface area (Å²) in [5, 5.41) is 4.70. The summed E-state index contributed by atoms with van der Waals surface area (Å²) in [6, 6.07) is 20.9. The molecular formula is C28H27F2N3O2. The molecule has 5 nitrogen and oxygen atoms in total. The van der Waals surface area contributed by atoms with E-state index in [0.717, 1.165) is 11.1 Å². The van der Waals surface area contributed by atoms with Gasteiger partial charge < -0.3 is 9.64 Å². The fourth-order valence-corrected chi connectivity index (χ4v) is 3.89. The third kappa shape index (κ3) is 5.74. The highest BCUT2D eigenvalue weighted by molar-refractivity contribution is 5.94. The first-order valence-corrected chi connectivity index (χ1v) is 11.4. The fraction of sp³-hybridized carbons (Fsp3) is 0.214. The monoisotopic (exact) mass is 475 g/mol.